The standard InChI is InChI=1S/C11H22O4/c1-7(5-12)10(13)8(2)9-6-14-11(3,4)15-9/h7-10,12-13H,5-6H2,1-4H3/t7-,8-,9-,10+/m0/s1. The van der Waals surface area contributed by atoms with Gasteiger partial charge in [-0.25, -0.2) is 0 Å². The van der Waals surface area contributed by atoms with Gasteiger partial charge in [-0.3, -0.25) is 0 Å². The molecule has 0 amide bonds. The van der Waals surface area contributed by atoms with Crippen LogP contribution in [0.5, 0.6) is 0 Å². The second-order valence-corrected chi connectivity index (χ2v) is 4.88. The van der Waals surface area contributed by atoms with Crippen LogP contribution in [0.1, 0.15) is 27.7 Å². The van der Waals surface area contributed by atoms with E-state index in [0.717, 1.165) is 0 Å². The van der Waals surface area contributed by atoms with Crippen molar-refractivity contribution in [2.45, 2.75) is 45.7 Å². The zero-order valence-corrected chi connectivity index (χ0v) is 9.93. The van der Waals surface area contributed by atoms with Crippen LogP contribution in [-0.4, -0.2) is 41.4 Å². The van der Waals surface area contributed by atoms with Crippen molar-refractivity contribution in [1.82, 2.24) is 0 Å². The van der Waals surface area contributed by atoms with Crippen LogP contribution in [0.2, 0.25) is 0 Å². The summed E-state index contributed by atoms with van der Waals surface area (Å²) in [4.78, 5) is 0. The van der Waals surface area contributed by atoms with Crippen LogP contribution in [0.3, 0.4) is 0 Å². The third kappa shape index (κ3) is 3.14. The van der Waals surface area contributed by atoms with Crippen molar-refractivity contribution in [2.75, 3.05) is 13.2 Å². The first-order valence-electron chi connectivity index (χ1n) is 5.48. The minimum Gasteiger partial charge on any atom is -0.396 e. The summed E-state index contributed by atoms with van der Waals surface area (Å²) >= 11 is 0. The summed E-state index contributed by atoms with van der Waals surface area (Å²) in [6.45, 7) is 7.96. The van der Waals surface area contributed by atoms with E-state index in [2.05, 4.69) is 0 Å². The lowest BCUT2D eigenvalue weighted by molar-refractivity contribution is -0.150. The van der Waals surface area contributed by atoms with E-state index >= 15 is 0 Å². The number of aliphatic hydroxyl groups is 2. The fourth-order valence-corrected chi connectivity index (χ4v) is 1.82. The highest BCUT2D eigenvalue weighted by molar-refractivity contribution is 4.82. The first-order valence-corrected chi connectivity index (χ1v) is 5.48. The summed E-state index contributed by atoms with van der Waals surface area (Å²) in [5.74, 6) is -0.720. The van der Waals surface area contributed by atoms with E-state index in [4.69, 9.17) is 14.6 Å². The predicted molar refractivity (Wildman–Crippen MR) is 56.3 cm³/mol. The van der Waals surface area contributed by atoms with Crippen LogP contribution in [-0.2, 0) is 9.47 Å². The van der Waals surface area contributed by atoms with Gasteiger partial charge in [-0.1, -0.05) is 13.8 Å². The molecule has 1 saturated heterocycles. The quantitative estimate of drug-likeness (QED) is 0.731. The smallest absolute Gasteiger partial charge is 0.163 e. The molecule has 1 heterocycles. The number of ether oxygens (including phenoxy) is 2. The third-order valence-electron chi connectivity index (χ3n) is 3.03. The molecule has 0 spiro atoms. The molecular weight excluding hydrogens is 196 g/mol. The van der Waals surface area contributed by atoms with Gasteiger partial charge in [-0.15, -0.1) is 0 Å². The van der Waals surface area contributed by atoms with Crippen molar-refractivity contribution in [3.63, 3.8) is 0 Å². The van der Waals surface area contributed by atoms with Crippen molar-refractivity contribution >= 4 is 0 Å². The zero-order valence-electron chi connectivity index (χ0n) is 9.93. The molecule has 1 rings (SSSR count). The molecule has 0 bridgehead atoms. The molecule has 1 aliphatic heterocycles. The first-order chi connectivity index (χ1) is 6.87. The van der Waals surface area contributed by atoms with Crippen LogP contribution in [0, 0.1) is 11.8 Å². The molecule has 1 aliphatic rings. The van der Waals surface area contributed by atoms with Gasteiger partial charge in [-0.05, 0) is 13.8 Å². The second kappa shape index (κ2) is 4.78. The summed E-state index contributed by atoms with van der Waals surface area (Å²) < 4.78 is 11.1. The van der Waals surface area contributed by atoms with Crippen molar-refractivity contribution in [1.29, 1.82) is 0 Å². The number of hydrogen-bond donors (Lipinski definition) is 2. The SMILES string of the molecule is C[C@H]([C@H](O)[C@@H](C)CO)[C@@H]1COC(C)(C)O1. The summed E-state index contributed by atoms with van der Waals surface area (Å²) in [5.41, 5.74) is 0. The average Bonchev–Trinajstić information content (AvgIpc) is 2.55. The maximum Gasteiger partial charge on any atom is 0.163 e. The normalized spacial score (nSPS) is 31.2. The van der Waals surface area contributed by atoms with Gasteiger partial charge in [0.1, 0.15) is 0 Å². The van der Waals surface area contributed by atoms with Crippen LogP contribution >= 0.6 is 0 Å². The second-order valence-electron chi connectivity index (χ2n) is 4.88. The average molecular weight is 218 g/mol. The molecule has 4 nitrogen and oxygen atoms in total. The lowest BCUT2D eigenvalue weighted by Crippen LogP contribution is -2.37. The van der Waals surface area contributed by atoms with Crippen LogP contribution < -0.4 is 0 Å². The molecule has 4 heteroatoms. The van der Waals surface area contributed by atoms with E-state index in [0.29, 0.717) is 6.61 Å². The Morgan fingerprint density at radius 1 is 1.40 bits per heavy atom. The molecule has 0 aromatic rings. The van der Waals surface area contributed by atoms with Gasteiger partial charge in [0.15, 0.2) is 5.79 Å². The third-order valence-corrected chi connectivity index (χ3v) is 3.03. The minimum absolute atomic E-state index is 0.0114. The highest BCUT2D eigenvalue weighted by Crippen LogP contribution is 2.29. The van der Waals surface area contributed by atoms with Crippen molar-refractivity contribution in [2.24, 2.45) is 11.8 Å². The number of aliphatic hydroxyl groups excluding tert-OH is 2. The largest absolute Gasteiger partial charge is 0.396 e. The maximum atomic E-state index is 9.92. The van der Waals surface area contributed by atoms with E-state index in [1.807, 2.05) is 27.7 Å². The molecule has 0 aromatic heterocycles. The van der Waals surface area contributed by atoms with E-state index in [9.17, 15) is 5.11 Å². The van der Waals surface area contributed by atoms with Gasteiger partial charge in [-0.2, -0.15) is 0 Å². The van der Waals surface area contributed by atoms with E-state index in [1.54, 1.807) is 0 Å². The van der Waals surface area contributed by atoms with Gasteiger partial charge >= 0.3 is 0 Å². The highest BCUT2D eigenvalue weighted by atomic mass is 16.7. The molecular formula is C11H22O4. The lowest BCUT2D eigenvalue weighted by Gasteiger charge is -2.28. The van der Waals surface area contributed by atoms with Crippen molar-refractivity contribution in [3.05, 3.63) is 0 Å². The topological polar surface area (TPSA) is 58.9 Å². The van der Waals surface area contributed by atoms with Crippen LogP contribution in [0.25, 0.3) is 0 Å². The Bertz CT molecular complexity index is 205. The molecule has 0 radical (unpaired) electrons. The predicted octanol–water partition coefficient (Wildman–Crippen LogP) is 0.763. The molecule has 4 atom stereocenters. The Balaban J connectivity index is 2.51. The van der Waals surface area contributed by atoms with E-state index in [1.165, 1.54) is 0 Å². The van der Waals surface area contributed by atoms with Gasteiger partial charge < -0.3 is 19.7 Å². The van der Waals surface area contributed by atoms with E-state index in [-0.39, 0.29) is 24.5 Å². The fraction of sp³-hybridized carbons (Fsp3) is 1.00. The Hall–Kier alpha value is -0.160. The van der Waals surface area contributed by atoms with Crippen molar-refractivity contribution in [3.8, 4) is 0 Å². The first kappa shape index (κ1) is 12.9. The van der Waals surface area contributed by atoms with Gasteiger partial charge in [0.2, 0.25) is 0 Å². The molecule has 0 saturated carbocycles. The van der Waals surface area contributed by atoms with Crippen molar-refractivity contribution < 1.29 is 19.7 Å². The summed E-state index contributed by atoms with van der Waals surface area (Å²) in [6, 6.07) is 0. The highest BCUT2D eigenvalue weighted by Gasteiger charge is 2.39. The molecule has 0 aromatic carbocycles. The molecule has 1 fully saturated rings. The molecule has 90 valence electrons. The Morgan fingerprint density at radius 3 is 2.40 bits per heavy atom. The van der Waals surface area contributed by atoms with Gasteiger partial charge in [0.05, 0.1) is 18.8 Å². The number of rotatable bonds is 4. The summed E-state index contributed by atoms with van der Waals surface area (Å²) in [7, 11) is 0. The fourth-order valence-electron chi connectivity index (χ4n) is 1.82. The molecule has 0 aliphatic carbocycles. The Morgan fingerprint density at radius 2 is 2.00 bits per heavy atom. The van der Waals surface area contributed by atoms with Crippen LogP contribution in [0.15, 0.2) is 0 Å². The zero-order chi connectivity index (χ0) is 11.6. The number of hydrogen-bond acceptors (Lipinski definition) is 4. The molecule has 0 unspecified atom stereocenters. The minimum atomic E-state index is -0.558. The van der Waals surface area contributed by atoms with Gasteiger partial charge in [0, 0.05) is 18.4 Å². The monoisotopic (exact) mass is 218 g/mol. The molecule has 15 heavy (non-hydrogen) atoms. The summed E-state index contributed by atoms with van der Waals surface area (Å²) in [6.07, 6.45) is -0.651. The Kier molecular flexibility index (Phi) is 4.12. The van der Waals surface area contributed by atoms with Gasteiger partial charge in [0.25, 0.3) is 0 Å². The maximum absolute atomic E-state index is 9.92. The lowest BCUT2D eigenvalue weighted by atomic mass is 9.90. The Labute approximate surface area is 91.2 Å². The van der Waals surface area contributed by atoms with E-state index < -0.39 is 11.9 Å². The molecule has 2 N–H and O–H groups in total. The summed E-state index contributed by atoms with van der Waals surface area (Å²) in [5, 5.41) is 18.9. The van der Waals surface area contributed by atoms with Crippen LogP contribution in [0.4, 0.5) is 0 Å².